The number of rotatable bonds is 22. The van der Waals surface area contributed by atoms with E-state index in [1.54, 1.807) is 102 Å². The Morgan fingerprint density at radius 1 is 0.682 bits per heavy atom. The van der Waals surface area contributed by atoms with Crippen LogP contribution in [0.1, 0.15) is 92.2 Å². The van der Waals surface area contributed by atoms with Gasteiger partial charge in [0.05, 0.1) is 6.54 Å². The normalized spacial score (nSPS) is 16.1. The number of primary amides is 1. The summed E-state index contributed by atoms with van der Waals surface area (Å²) < 4.78 is 10.9. The molecule has 66 heavy (non-hydrogen) atoms. The van der Waals surface area contributed by atoms with Crippen LogP contribution in [0.3, 0.4) is 0 Å². The molecule has 1 fully saturated rings. The van der Waals surface area contributed by atoms with Crippen molar-refractivity contribution in [3.05, 3.63) is 71.8 Å². The first-order valence-electron chi connectivity index (χ1n) is 22.3. The lowest BCUT2D eigenvalue weighted by atomic mass is 10.0. The lowest BCUT2D eigenvalue weighted by Gasteiger charge is -2.30. The summed E-state index contributed by atoms with van der Waals surface area (Å²) in [6.45, 7) is 13.6. The molecule has 8 N–H and O–H groups in total. The van der Waals surface area contributed by atoms with Crippen molar-refractivity contribution in [2.75, 3.05) is 25.1 Å². The van der Waals surface area contributed by atoms with Crippen LogP contribution >= 0.6 is 11.8 Å². The van der Waals surface area contributed by atoms with Gasteiger partial charge >= 0.3 is 12.2 Å². The molecule has 0 unspecified atom stereocenters. The van der Waals surface area contributed by atoms with Crippen molar-refractivity contribution in [3.8, 4) is 0 Å². The van der Waals surface area contributed by atoms with Gasteiger partial charge in [0.25, 0.3) is 0 Å². The van der Waals surface area contributed by atoms with Crippen LogP contribution in [-0.4, -0.2) is 125 Å². The zero-order valence-corrected chi connectivity index (χ0v) is 40.5. The minimum absolute atomic E-state index is 0.0231. The van der Waals surface area contributed by atoms with Crippen LogP contribution in [0.15, 0.2) is 60.7 Å². The van der Waals surface area contributed by atoms with Gasteiger partial charge in [0, 0.05) is 19.4 Å². The van der Waals surface area contributed by atoms with Crippen molar-refractivity contribution >= 4 is 59.4 Å². The van der Waals surface area contributed by atoms with E-state index in [2.05, 4.69) is 31.9 Å². The Labute approximate surface area is 392 Å². The molecule has 1 aliphatic rings. The summed E-state index contributed by atoms with van der Waals surface area (Å²) in [6, 6.07) is 10.6. The number of hydrogen-bond donors (Lipinski definition) is 7. The van der Waals surface area contributed by atoms with Gasteiger partial charge in [0.15, 0.2) is 0 Å². The molecule has 0 bridgehead atoms. The summed E-state index contributed by atoms with van der Waals surface area (Å²) in [6.07, 6.45) is 1.56. The van der Waals surface area contributed by atoms with Gasteiger partial charge in [-0.15, -0.1) is 0 Å². The zero-order chi connectivity index (χ0) is 49.2. The summed E-state index contributed by atoms with van der Waals surface area (Å²) in [5.74, 6) is -3.97. The number of nitrogens with one attached hydrogen (secondary N) is 6. The van der Waals surface area contributed by atoms with Gasteiger partial charge in [0.2, 0.25) is 35.4 Å². The van der Waals surface area contributed by atoms with Crippen molar-refractivity contribution in [2.45, 2.75) is 141 Å². The number of alkyl carbamates (subject to hydrolysis) is 1. The highest BCUT2D eigenvalue weighted by Gasteiger charge is 2.39. The molecule has 19 heteroatoms. The first-order chi connectivity index (χ1) is 31.0. The summed E-state index contributed by atoms with van der Waals surface area (Å²) in [5, 5.41) is 16.1. The SMILES string of the molecule is CSCC[C@H](NC(=O)[C@H](CC(C)C)NC(=O)[C@H](CNC(=O)OC(C)(C)C)NC(=O)[C@H](Cc1ccccc1)NC(=O)[C@H](Cc1ccccc1)NC(=O)[C@@H]1CCCN1C(=O)OC(C)(C)C)C(N)=O. The first-order valence-corrected chi connectivity index (χ1v) is 23.7. The van der Waals surface area contributed by atoms with Crippen LogP contribution in [0, 0.1) is 5.92 Å². The summed E-state index contributed by atoms with van der Waals surface area (Å²) in [4.78, 5) is 110. The molecule has 2 aromatic rings. The van der Waals surface area contributed by atoms with Crippen LogP contribution < -0.4 is 37.6 Å². The lowest BCUT2D eigenvalue weighted by Crippen LogP contribution is -2.62. The number of nitrogens with zero attached hydrogens (tertiary/aromatic N) is 1. The highest BCUT2D eigenvalue weighted by Crippen LogP contribution is 2.22. The quantitative estimate of drug-likeness (QED) is 0.0903. The largest absolute Gasteiger partial charge is 0.444 e. The fourth-order valence-corrected chi connectivity index (χ4v) is 7.46. The molecule has 8 amide bonds. The van der Waals surface area contributed by atoms with Crippen molar-refractivity contribution in [3.63, 3.8) is 0 Å². The van der Waals surface area contributed by atoms with Crippen molar-refractivity contribution in [2.24, 2.45) is 11.7 Å². The third-order valence-electron chi connectivity index (χ3n) is 10.1. The van der Waals surface area contributed by atoms with E-state index < -0.39 is 102 Å². The first kappa shape index (κ1) is 54.5. The van der Waals surface area contributed by atoms with E-state index >= 15 is 0 Å². The van der Waals surface area contributed by atoms with E-state index in [4.69, 9.17) is 15.2 Å². The number of ether oxygens (including phenoxy) is 2. The summed E-state index contributed by atoms with van der Waals surface area (Å²) in [5.41, 5.74) is 5.23. The maximum atomic E-state index is 14.5. The number of thioether (sulfide) groups is 1. The predicted octanol–water partition coefficient (Wildman–Crippen LogP) is 3.10. The number of carbonyl (C=O) groups excluding carboxylic acids is 8. The maximum absolute atomic E-state index is 14.5. The van der Waals surface area contributed by atoms with Gasteiger partial charge in [-0.2, -0.15) is 11.8 Å². The Hall–Kier alpha value is -5.85. The molecule has 364 valence electrons. The maximum Gasteiger partial charge on any atom is 0.410 e. The molecule has 0 radical (unpaired) electrons. The molecule has 1 saturated heterocycles. The molecule has 1 aliphatic heterocycles. The Kier molecular flexibility index (Phi) is 21.2. The molecule has 18 nitrogen and oxygen atoms in total. The highest BCUT2D eigenvalue weighted by atomic mass is 32.2. The Morgan fingerprint density at radius 3 is 1.65 bits per heavy atom. The fraction of sp³-hybridized carbons (Fsp3) is 0.574. The fourth-order valence-electron chi connectivity index (χ4n) is 6.99. The second-order valence-electron chi connectivity index (χ2n) is 18.7. The van der Waals surface area contributed by atoms with E-state index in [0.29, 0.717) is 29.7 Å². The zero-order valence-electron chi connectivity index (χ0n) is 39.7. The standard InChI is InChI=1S/C47H70N8O10S/c1-29(2)25-33(39(57)50-32(38(48)56)22-24-66-9)51-42(60)36(28-49-44(62)64-46(3,4)5)54-41(59)34(26-30-17-12-10-13-18-30)52-40(58)35(27-31-19-14-11-15-20-31)53-43(61)37-21-16-23-55(37)45(63)65-47(6,7)8/h10-15,17-20,29,32-37H,16,21-28H2,1-9H3,(H2,48,56)(H,49,62)(H,50,57)(H,51,60)(H,52,58)(H,53,61)(H,54,59)/t32-,33-,34-,35-,36-,37-/m0/s1. The molecule has 3 rings (SSSR count). The Bertz CT molecular complexity index is 1960. The smallest absolute Gasteiger partial charge is 0.410 e. The van der Waals surface area contributed by atoms with Gasteiger partial charge in [-0.25, -0.2) is 9.59 Å². The highest BCUT2D eigenvalue weighted by molar-refractivity contribution is 7.98. The van der Waals surface area contributed by atoms with E-state index in [0.717, 1.165) is 0 Å². The van der Waals surface area contributed by atoms with Gasteiger partial charge < -0.3 is 47.1 Å². The third kappa shape index (κ3) is 19.3. The molecular formula is C47H70N8O10S. The molecule has 6 atom stereocenters. The predicted molar refractivity (Wildman–Crippen MR) is 252 cm³/mol. The summed E-state index contributed by atoms with van der Waals surface area (Å²) >= 11 is 1.47. The molecule has 0 spiro atoms. The molecule has 2 aromatic carbocycles. The number of benzene rings is 2. The number of hydrogen-bond acceptors (Lipinski definition) is 11. The number of likely N-dealkylation sites (tertiary alicyclic amines) is 1. The van der Waals surface area contributed by atoms with E-state index in [1.807, 2.05) is 20.1 Å². The second kappa shape index (κ2) is 25.7. The van der Waals surface area contributed by atoms with E-state index in [1.165, 1.54) is 16.7 Å². The topological polar surface area (TPSA) is 256 Å². The number of amides is 8. The molecule has 0 saturated carbocycles. The van der Waals surface area contributed by atoms with Crippen LogP contribution in [0.25, 0.3) is 0 Å². The second-order valence-corrected chi connectivity index (χ2v) is 19.7. The van der Waals surface area contributed by atoms with Crippen LogP contribution in [-0.2, 0) is 51.1 Å². The van der Waals surface area contributed by atoms with Crippen molar-refractivity contribution < 1.29 is 47.8 Å². The number of carbonyl (C=O) groups is 8. The average molecular weight is 939 g/mol. The summed E-state index contributed by atoms with van der Waals surface area (Å²) in [7, 11) is 0. The van der Waals surface area contributed by atoms with E-state index in [9.17, 15) is 38.4 Å². The van der Waals surface area contributed by atoms with Gasteiger partial charge in [-0.1, -0.05) is 74.5 Å². The Morgan fingerprint density at radius 2 is 1.15 bits per heavy atom. The van der Waals surface area contributed by atoms with Gasteiger partial charge in [-0.05, 0) is 96.3 Å². The molecule has 0 aliphatic carbocycles. The molecule has 1 heterocycles. The third-order valence-corrected chi connectivity index (χ3v) is 10.8. The Balaban J connectivity index is 1.98. The average Bonchev–Trinajstić information content (AvgIpc) is 3.73. The van der Waals surface area contributed by atoms with Gasteiger partial charge in [0.1, 0.15) is 47.5 Å². The van der Waals surface area contributed by atoms with Crippen molar-refractivity contribution in [1.82, 2.24) is 36.8 Å². The van der Waals surface area contributed by atoms with Crippen LogP contribution in [0.4, 0.5) is 9.59 Å². The molecular weight excluding hydrogens is 869 g/mol. The van der Waals surface area contributed by atoms with Crippen LogP contribution in [0.5, 0.6) is 0 Å². The number of nitrogens with two attached hydrogens (primary N) is 1. The van der Waals surface area contributed by atoms with Gasteiger partial charge in [-0.3, -0.25) is 33.7 Å². The minimum atomic E-state index is -1.52. The lowest BCUT2D eigenvalue weighted by molar-refractivity contribution is -0.135. The minimum Gasteiger partial charge on any atom is -0.444 e. The van der Waals surface area contributed by atoms with Crippen molar-refractivity contribution in [1.29, 1.82) is 0 Å². The molecule has 0 aromatic heterocycles. The van der Waals surface area contributed by atoms with Crippen LogP contribution in [0.2, 0.25) is 0 Å². The monoisotopic (exact) mass is 938 g/mol. The van der Waals surface area contributed by atoms with E-state index in [-0.39, 0.29) is 38.1 Å².